The molecule has 1 aliphatic rings. The third-order valence-corrected chi connectivity index (χ3v) is 7.35. The van der Waals surface area contributed by atoms with Crippen molar-refractivity contribution in [2.45, 2.75) is 31.6 Å². The smallest absolute Gasteiger partial charge is 0.243 e. The summed E-state index contributed by atoms with van der Waals surface area (Å²) in [6, 6.07) is 9.78. The maximum atomic E-state index is 13.2. The fourth-order valence-electron chi connectivity index (χ4n) is 3.64. The second kappa shape index (κ2) is 9.89. The number of nitrogens with zero attached hydrogens (tertiary/aromatic N) is 1. The van der Waals surface area contributed by atoms with Gasteiger partial charge >= 0.3 is 0 Å². The maximum Gasteiger partial charge on any atom is 0.243 e. The summed E-state index contributed by atoms with van der Waals surface area (Å²) >= 11 is 6.03. The standard InChI is InChI=1S/C22H27ClN2O5S/c1-4-30-20-10-8-18(12-15(20)2)31(27,28)25-11-5-6-16(14-25)22(26)24-19-13-17(23)7-9-21(19)29-3/h7-10,12-13,16H,4-6,11,14H2,1-3H3,(H,24,26)/t16-/m1/s1. The Morgan fingerprint density at radius 1 is 1.23 bits per heavy atom. The highest BCUT2D eigenvalue weighted by Gasteiger charge is 2.33. The van der Waals surface area contributed by atoms with Gasteiger partial charge < -0.3 is 14.8 Å². The van der Waals surface area contributed by atoms with Crippen LogP contribution in [0.3, 0.4) is 0 Å². The molecule has 1 saturated heterocycles. The summed E-state index contributed by atoms with van der Waals surface area (Å²) in [4.78, 5) is 13.1. The molecular weight excluding hydrogens is 440 g/mol. The van der Waals surface area contributed by atoms with Crippen LogP contribution in [0.1, 0.15) is 25.3 Å². The van der Waals surface area contributed by atoms with Crippen molar-refractivity contribution in [3.8, 4) is 11.5 Å². The lowest BCUT2D eigenvalue weighted by molar-refractivity contribution is -0.120. The molecule has 0 unspecified atom stereocenters. The van der Waals surface area contributed by atoms with Crippen LogP contribution in [-0.4, -0.2) is 45.4 Å². The molecule has 0 saturated carbocycles. The van der Waals surface area contributed by atoms with Gasteiger partial charge in [-0.3, -0.25) is 4.79 Å². The van der Waals surface area contributed by atoms with Gasteiger partial charge in [-0.2, -0.15) is 4.31 Å². The summed E-state index contributed by atoms with van der Waals surface area (Å²) in [6.07, 6.45) is 1.20. The van der Waals surface area contributed by atoms with Crippen LogP contribution in [0.5, 0.6) is 11.5 Å². The minimum absolute atomic E-state index is 0.114. The Hall–Kier alpha value is -2.29. The number of benzene rings is 2. The molecule has 1 amide bonds. The molecule has 3 rings (SSSR count). The third kappa shape index (κ3) is 5.31. The Kier molecular flexibility index (Phi) is 7.46. The monoisotopic (exact) mass is 466 g/mol. The van der Waals surface area contributed by atoms with Crippen LogP contribution in [0.2, 0.25) is 5.02 Å². The van der Waals surface area contributed by atoms with E-state index in [9.17, 15) is 13.2 Å². The zero-order chi connectivity index (χ0) is 22.6. The summed E-state index contributed by atoms with van der Waals surface area (Å²) < 4.78 is 38.5. The highest BCUT2D eigenvalue weighted by molar-refractivity contribution is 7.89. The Labute approximate surface area is 188 Å². The number of piperidine rings is 1. The van der Waals surface area contributed by atoms with E-state index in [2.05, 4.69) is 5.32 Å². The zero-order valence-electron chi connectivity index (χ0n) is 17.9. The third-order valence-electron chi connectivity index (χ3n) is 5.26. The number of anilines is 1. The summed E-state index contributed by atoms with van der Waals surface area (Å²) in [5, 5.41) is 3.30. The molecule has 31 heavy (non-hydrogen) atoms. The van der Waals surface area contributed by atoms with Gasteiger partial charge in [0, 0.05) is 18.1 Å². The van der Waals surface area contributed by atoms with Crippen molar-refractivity contribution in [3.05, 3.63) is 47.0 Å². The maximum absolute atomic E-state index is 13.2. The fraction of sp³-hybridized carbons (Fsp3) is 0.409. The van der Waals surface area contributed by atoms with Gasteiger partial charge in [0.1, 0.15) is 11.5 Å². The zero-order valence-corrected chi connectivity index (χ0v) is 19.4. The van der Waals surface area contributed by atoms with Gasteiger partial charge in [-0.05, 0) is 68.7 Å². The molecule has 2 aromatic rings. The Morgan fingerprint density at radius 3 is 2.65 bits per heavy atom. The molecule has 1 heterocycles. The first-order valence-corrected chi connectivity index (χ1v) is 12.0. The summed E-state index contributed by atoms with van der Waals surface area (Å²) in [6.45, 7) is 4.69. The number of hydrogen-bond donors (Lipinski definition) is 1. The predicted molar refractivity (Wildman–Crippen MR) is 120 cm³/mol. The lowest BCUT2D eigenvalue weighted by Crippen LogP contribution is -2.43. The van der Waals surface area contributed by atoms with Crippen molar-refractivity contribution < 1.29 is 22.7 Å². The first kappa shape index (κ1) is 23.4. The minimum atomic E-state index is -3.72. The van der Waals surface area contributed by atoms with Crippen molar-refractivity contribution in [2.75, 3.05) is 32.1 Å². The Balaban J connectivity index is 1.76. The van der Waals surface area contributed by atoms with Gasteiger partial charge in [-0.15, -0.1) is 0 Å². The molecule has 2 aromatic carbocycles. The first-order valence-electron chi connectivity index (χ1n) is 10.1. The van der Waals surface area contributed by atoms with Crippen molar-refractivity contribution in [3.63, 3.8) is 0 Å². The number of amides is 1. The molecule has 0 radical (unpaired) electrons. The summed E-state index contributed by atoms with van der Waals surface area (Å²) in [7, 11) is -2.22. The number of sulfonamides is 1. The van der Waals surface area contributed by atoms with Crippen LogP contribution in [0.15, 0.2) is 41.3 Å². The highest BCUT2D eigenvalue weighted by Crippen LogP contribution is 2.31. The number of ether oxygens (including phenoxy) is 2. The number of halogens is 1. The van der Waals surface area contributed by atoms with E-state index in [0.29, 0.717) is 48.2 Å². The lowest BCUT2D eigenvalue weighted by atomic mass is 9.98. The normalized spacial score (nSPS) is 17.2. The van der Waals surface area contributed by atoms with Gasteiger partial charge in [0.15, 0.2) is 0 Å². The van der Waals surface area contributed by atoms with Crippen LogP contribution in [0, 0.1) is 12.8 Å². The van der Waals surface area contributed by atoms with Gasteiger partial charge in [0.25, 0.3) is 0 Å². The van der Waals surface area contributed by atoms with Gasteiger partial charge in [0.2, 0.25) is 15.9 Å². The second-order valence-electron chi connectivity index (χ2n) is 7.40. The average Bonchev–Trinajstić information content (AvgIpc) is 2.75. The van der Waals surface area contributed by atoms with E-state index in [-0.39, 0.29) is 17.3 Å². The summed E-state index contributed by atoms with van der Waals surface area (Å²) in [5.74, 6) is 0.412. The number of nitrogens with one attached hydrogen (secondary N) is 1. The number of hydrogen-bond acceptors (Lipinski definition) is 5. The van der Waals surface area contributed by atoms with E-state index < -0.39 is 15.9 Å². The lowest BCUT2D eigenvalue weighted by Gasteiger charge is -2.31. The van der Waals surface area contributed by atoms with Gasteiger partial charge in [-0.1, -0.05) is 11.6 Å². The molecule has 0 aliphatic carbocycles. The van der Waals surface area contributed by atoms with E-state index in [1.165, 1.54) is 11.4 Å². The molecule has 0 aromatic heterocycles. The van der Waals surface area contributed by atoms with Crippen molar-refractivity contribution in [1.29, 1.82) is 0 Å². The van der Waals surface area contributed by atoms with Crippen LogP contribution >= 0.6 is 11.6 Å². The number of aryl methyl sites for hydroxylation is 1. The van der Waals surface area contributed by atoms with E-state index in [0.717, 1.165) is 5.56 Å². The van der Waals surface area contributed by atoms with E-state index >= 15 is 0 Å². The van der Waals surface area contributed by atoms with Crippen molar-refractivity contribution >= 4 is 33.2 Å². The molecule has 0 spiro atoms. The number of rotatable bonds is 7. The number of carbonyl (C=O) groups excluding carboxylic acids is 1. The van der Waals surface area contributed by atoms with Crippen molar-refractivity contribution in [1.82, 2.24) is 4.31 Å². The molecular formula is C22H27ClN2O5S. The van der Waals surface area contributed by atoms with Crippen molar-refractivity contribution in [2.24, 2.45) is 5.92 Å². The number of methoxy groups -OCH3 is 1. The Bertz CT molecular complexity index is 1060. The minimum Gasteiger partial charge on any atom is -0.495 e. The van der Waals surface area contributed by atoms with Crippen LogP contribution in [0.4, 0.5) is 5.69 Å². The van der Waals surface area contributed by atoms with Crippen LogP contribution < -0.4 is 14.8 Å². The largest absolute Gasteiger partial charge is 0.495 e. The van der Waals surface area contributed by atoms with E-state index in [4.69, 9.17) is 21.1 Å². The Morgan fingerprint density at radius 2 is 1.97 bits per heavy atom. The van der Waals surface area contributed by atoms with E-state index in [1.807, 2.05) is 13.8 Å². The average molecular weight is 467 g/mol. The topological polar surface area (TPSA) is 84.9 Å². The fourth-order valence-corrected chi connectivity index (χ4v) is 5.42. The quantitative estimate of drug-likeness (QED) is 0.664. The summed E-state index contributed by atoms with van der Waals surface area (Å²) in [5.41, 5.74) is 1.21. The molecule has 0 bridgehead atoms. The first-order chi connectivity index (χ1) is 14.8. The van der Waals surface area contributed by atoms with Crippen LogP contribution in [-0.2, 0) is 14.8 Å². The molecule has 1 aliphatic heterocycles. The second-order valence-corrected chi connectivity index (χ2v) is 9.77. The predicted octanol–water partition coefficient (Wildman–Crippen LogP) is 4.10. The molecule has 1 fully saturated rings. The molecule has 1 N–H and O–H groups in total. The molecule has 7 nitrogen and oxygen atoms in total. The SMILES string of the molecule is CCOc1ccc(S(=O)(=O)N2CCC[C@@H](C(=O)Nc3cc(Cl)ccc3OC)C2)cc1C. The molecule has 1 atom stereocenters. The molecule has 9 heteroatoms. The highest BCUT2D eigenvalue weighted by atomic mass is 35.5. The number of carbonyl (C=O) groups is 1. The van der Waals surface area contributed by atoms with Crippen LogP contribution in [0.25, 0.3) is 0 Å². The van der Waals surface area contributed by atoms with E-state index in [1.54, 1.807) is 36.4 Å². The van der Waals surface area contributed by atoms with Gasteiger partial charge in [-0.25, -0.2) is 8.42 Å². The van der Waals surface area contributed by atoms with Gasteiger partial charge in [0.05, 0.1) is 30.2 Å². The molecule has 168 valence electrons.